The van der Waals surface area contributed by atoms with E-state index < -0.39 is 0 Å². The Morgan fingerprint density at radius 2 is 1.73 bits per heavy atom. The third-order valence-corrected chi connectivity index (χ3v) is 3.24. The number of nitrogens with zero attached hydrogens (tertiary/aromatic N) is 1. The Hall–Kier alpha value is -3.02. The second kappa shape index (κ2) is 10.8. The molecule has 138 valence electrons. The molecule has 0 radical (unpaired) electrons. The lowest BCUT2D eigenvalue weighted by molar-refractivity contribution is -0.123. The maximum Gasteiger partial charge on any atom is 0.277 e. The smallest absolute Gasteiger partial charge is 0.277 e. The van der Waals surface area contributed by atoms with Gasteiger partial charge in [-0.15, -0.1) is 0 Å². The summed E-state index contributed by atoms with van der Waals surface area (Å²) in [5, 5.41) is 3.93. The predicted molar refractivity (Wildman–Crippen MR) is 101 cm³/mol. The monoisotopic (exact) mass is 356 g/mol. The van der Waals surface area contributed by atoms with Gasteiger partial charge in [-0.2, -0.15) is 5.10 Å². The number of carbonyl (C=O) groups excluding carboxylic acids is 1. The van der Waals surface area contributed by atoms with E-state index >= 15 is 0 Å². The van der Waals surface area contributed by atoms with E-state index in [4.69, 9.17) is 14.2 Å². The van der Waals surface area contributed by atoms with Crippen molar-refractivity contribution >= 4 is 12.1 Å². The molecule has 0 aliphatic rings. The van der Waals surface area contributed by atoms with Crippen molar-refractivity contribution in [2.45, 2.75) is 20.3 Å². The molecule has 0 aliphatic heterocycles. The molecule has 6 heteroatoms. The third kappa shape index (κ3) is 6.84. The zero-order chi connectivity index (χ0) is 18.6. The van der Waals surface area contributed by atoms with E-state index in [0.29, 0.717) is 19.0 Å². The van der Waals surface area contributed by atoms with Crippen molar-refractivity contribution < 1.29 is 19.0 Å². The first-order valence-corrected chi connectivity index (χ1v) is 8.61. The summed E-state index contributed by atoms with van der Waals surface area (Å²) in [4.78, 5) is 11.8. The molecule has 0 bridgehead atoms. The summed E-state index contributed by atoms with van der Waals surface area (Å²) in [6, 6.07) is 14.6. The Balaban J connectivity index is 1.76. The van der Waals surface area contributed by atoms with Gasteiger partial charge in [-0.3, -0.25) is 4.79 Å². The first kappa shape index (κ1) is 19.3. The number of carbonyl (C=O) groups is 1. The second-order valence-electron chi connectivity index (χ2n) is 5.41. The Labute approximate surface area is 153 Å². The number of ether oxygens (including phenoxy) is 3. The van der Waals surface area contributed by atoms with Crippen LogP contribution in [0.1, 0.15) is 25.8 Å². The van der Waals surface area contributed by atoms with Crippen LogP contribution in [0.15, 0.2) is 53.6 Å². The lowest BCUT2D eigenvalue weighted by Gasteiger charge is -2.07. The molecule has 0 spiro atoms. The maximum absolute atomic E-state index is 11.8. The Bertz CT molecular complexity index is 714. The quantitative estimate of drug-likeness (QED) is 0.523. The van der Waals surface area contributed by atoms with Gasteiger partial charge in [0.15, 0.2) is 6.61 Å². The van der Waals surface area contributed by atoms with Crippen LogP contribution in [-0.2, 0) is 4.79 Å². The molecule has 0 aliphatic carbocycles. The predicted octanol–water partition coefficient (Wildman–Crippen LogP) is 3.40. The number of hydrogen-bond acceptors (Lipinski definition) is 5. The number of hydrogen-bond donors (Lipinski definition) is 1. The van der Waals surface area contributed by atoms with Crippen LogP contribution in [-0.4, -0.2) is 31.9 Å². The highest BCUT2D eigenvalue weighted by atomic mass is 16.5. The first-order chi connectivity index (χ1) is 12.7. The van der Waals surface area contributed by atoms with Gasteiger partial charge in [0.25, 0.3) is 5.91 Å². The first-order valence-electron chi connectivity index (χ1n) is 8.61. The standard InChI is InChI=1S/C20H24N2O4/c1-3-12-25-19-7-5-6-16(13-19)14-21-22-20(23)15-26-18-10-8-17(9-11-18)24-4-2/h5-11,13-14H,3-4,12,15H2,1-2H3,(H,22,23)/b21-14-. The van der Waals surface area contributed by atoms with Gasteiger partial charge < -0.3 is 14.2 Å². The van der Waals surface area contributed by atoms with E-state index in [2.05, 4.69) is 17.5 Å². The molecule has 0 fully saturated rings. The Morgan fingerprint density at radius 3 is 2.42 bits per heavy atom. The molecule has 0 unspecified atom stereocenters. The number of benzene rings is 2. The SMILES string of the molecule is CCCOc1cccc(/C=N\NC(=O)COc2ccc(OCC)cc2)c1. The molecule has 0 saturated carbocycles. The van der Waals surface area contributed by atoms with Crippen molar-refractivity contribution in [1.82, 2.24) is 5.43 Å². The third-order valence-electron chi connectivity index (χ3n) is 3.24. The minimum Gasteiger partial charge on any atom is -0.494 e. The van der Waals surface area contributed by atoms with Crippen molar-refractivity contribution in [3.8, 4) is 17.2 Å². The Morgan fingerprint density at radius 1 is 1.00 bits per heavy atom. The average Bonchev–Trinajstić information content (AvgIpc) is 2.66. The lowest BCUT2D eigenvalue weighted by atomic mass is 10.2. The highest BCUT2D eigenvalue weighted by Crippen LogP contribution is 2.17. The zero-order valence-corrected chi connectivity index (χ0v) is 15.1. The van der Waals surface area contributed by atoms with Crippen molar-refractivity contribution in [1.29, 1.82) is 0 Å². The average molecular weight is 356 g/mol. The molecule has 0 atom stereocenters. The zero-order valence-electron chi connectivity index (χ0n) is 15.1. The van der Waals surface area contributed by atoms with Gasteiger partial charge in [0, 0.05) is 0 Å². The van der Waals surface area contributed by atoms with Gasteiger partial charge in [0.1, 0.15) is 17.2 Å². The minimum atomic E-state index is -0.339. The highest BCUT2D eigenvalue weighted by molar-refractivity contribution is 5.83. The van der Waals surface area contributed by atoms with Gasteiger partial charge in [0.05, 0.1) is 19.4 Å². The van der Waals surface area contributed by atoms with Crippen LogP contribution in [0.4, 0.5) is 0 Å². The van der Waals surface area contributed by atoms with Gasteiger partial charge in [-0.1, -0.05) is 19.1 Å². The summed E-state index contributed by atoms with van der Waals surface area (Å²) in [7, 11) is 0. The van der Waals surface area contributed by atoms with Crippen LogP contribution in [0.25, 0.3) is 0 Å². The summed E-state index contributed by atoms with van der Waals surface area (Å²) in [5.41, 5.74) is 3.27. The normalized spacial score (nSPS) is 10.5. The Kier molecular flexibility index (Phi) is 7.99. The fraction of sp³-hybridized carbons (Fsp3) is 0.300. The second-order valence-corrected chi connectivity index (χ2v) is 5.41. The fourth-order valence-electron chi connectivity index (χ4n) is 2.06. The summed E-state index contributed by atoms with van der Waals surface area (Å²) >= 11 is 0. The van der Waals surface area contributed by atoms with Crippen molar-refractivity contribution in [3.05, 3.63) is 54.1 Å². The van der Waals surface area contributed by atoms with Gasteiger partial charge in [-0.05, 0) is 55.3 Å². The molecule has 0 heterocycles. The van der Waals surface area contributed by atoms with Gasteiger partial charge in [0.2, 0.25) is 0 Å². The number of nitrogens with one attached hydrogen (secondary N) is 1. The van der Waals surface area contributed by atoms with Crippen LogP contribution in [0.2, 0.25) is 0 Å². The van der Waals surface area contributed by atoms with Gasteiger partial charge in [-0.25, -0.2) is 5.43 Å². The van der Waals surface area contributed by atoms with E-state index in [-0.39, 0.29) is 12.5 Å². The molecular formula is C20H24N2O4. The van der Waals surface area contributed by atoms with E-state index in [1.54, 1.807) is 30.5 Å². The van der Waals surface area contributed by atoms with Crippen LogP contribution >= 0.6 is 0 Å². The topological polar surface area (TPSA) is 69.2 Å². The number of hydrazone groups is 1. The highest BCUT2D eigenvalue weighted by Gasteiger charge is 2.02. The lowest BCUT2D eigenvalue weighted by Crippen LogP contribution is -2.24. The van der Waals surface area contributed by atoms with E-state index in [1.807, 2.05) is 31.2 Å². The fourth-order valence-corrected chi connectivity index (χ4v) is 2.06. The summed E-state index contributed by atoms with van der Waals surface area (Å²) in [6.07, 6.45) is 2.51. The molecule has 2 rings (SSSR count). The van der Waals surface area contributed by atoms with Crippen molar-refractivity contribution in [2.24, 2.45) is 5.10 Å². The van der Waals surface area contributed by atoms with Gasteiger partial charge >= 0.3 is 0 Å². The number of rotatable bonds is 10. The van der Waals surface area contributed by atoms with Crippen molar-refractivity contribution in [2.75, 3.05) is 19.8 Å². The van der Waals surface area contributed by atoms with E-state index in [9.17, 15) is 4.79 Å². The minimum absolute atomic E-state index is 0.120. The molecule has 1 N–H and O–H groups in total. The molecule has 2 aromatic rings. The van der Waals surface area contributed by atoms with Crippen LogP contribution in [0, 0.1) is 0 Å². The molecule has 1 amide bonds. The molecule has 2 aromatic carbocycles. The summed E-state index contributed by atoms with van der Waals surface area (Å²) in [6.45, 7) is 5.12. The molecule has 0 aromatic heterocycles. The summed E-state index contributed by atoms with van der Waals surface area (Å²) in [5.74, 6) is 1.79. The summed E-state index contributed by atoms with van der Waals surface area (Å²) < 4.78 is 16.3. The number of amides is 1. The van der Waals surface area contributed by atoms with E-state index in [1.165, 1.54) is 0 Å². The molecule has 26 heavy (non-hydrogen) atoms. The van der Waals surface area contributed by atoms with Crippen LogP contribution in [0.5, 0.6) is 17.2 Å². The van der Waals surface area contributed by atoms with Crippen LogP contribution in [0.3, 0.4) is 0 Å². The largest absolute Gasteiger partial charge is 0.494 e. The molecular weight excluding hydrogens is 332 g/mol. The molecule has 6 nitrogen and oxygen atoms in total. The van der Waals surface area contributed by atoms with E-state index in [0.717, 1.165) is 23.5 Å². The maximum atomic E-state index is 11.8. The molecule has 0 saturated heterocycles. The van der Waals surface area contributed by atoms with Crippen molar-refractivity contribution in [3.63, 3.8) is 0 Å². The van der Waals surface area contributed by atoms with Crippen LogP contribution < -0.4 is 19.6 Å².